The molecule has 1 aromatic heterocycles. The van der Waals surface area contributed by atoms with Gasteiger partial charge in [0.25, 0.3) is 0 Å². The lowest BCUT2D eigenvalue weighted by Crippen LogP contribution is -2.17. The van der Waals surface area contributed by atoms with Crippen LogP contribution in [0.25, 0.3) is 5.69 Å². The van der Waals surface area contributed by atoms with Crippen molar-refractivity contribution >= 4 is 49.3 Å². The number of ether oxygens (including phenoxy) is 1. The zero-order valence-electron chi connectivity index (χ0n) is 11.5. The summed E-state index contributed by atoms with van der Waals surface area (Å²) in [6.07, 6.45) is -5.27. The van der Waals surface area contributed by atoms with Gasteiger partial charge in [0.2, 0.25) is 4.80 Å². The quantitative estimate of drug-likeness (QED) is 0.606. The molecule has 1 aromatic carbocycles. The fraction of sp³-hybridized carbons (Fsp3) is 0.231. The first kappa shape index (κ1) is 18.2. The zero-order valence-corrected chi connectivity index (χ0v) is 15.5. The summed E-state index contributed by atoms with van der Waals surface area (Å²) in [7, 11) is 0. The smallest absolute Gasteiger partial charge is 0.436 e. The van der Waals surface area contributed by atoms with E-state index in [2.05, 4.69) is 36.9 Å². The summed E-state index contributed by atoms with van der Waals surface area (Å²) in [5.41, 5.74) is -0.574. The Kier molecular flexibility index (Phi) is 5.69. The second kappa shape index (κ2) is 7.18. The van der Waals surface area contributed by atoms with Gasteiger partial charge >= 0.3 is 12.3 Å². The molecular formula is C13H9Br2F3N2O2S. The Morgan fingerprint density at radius 1 is 1.39 bits per heavy atom. The molecule has 0 atom stereocenters. The van der Waals surface area contributed by atoms with E-state index in [1.165, 1.54) is 16.7 Å². The number of hydrogen-bond acceptors (Lipinski definition) is 3. The van der Waals surface area contributed by atoms with Crippen molar-refractivity contribution in [2.45, 2.75) is 13.1 Å². The van der Waals surface area contributed by atoms with Crippen molar-refractivity contribution < 1.29 is 22.7 Å². The highest BCUT2D eigenvalue weighted by atomic mass is 79.9. The van der Waals surface area contributed by atoms with E-state index < -0.39 is 17.8 Å². The number of hydrogen-bond donors (Lipinski definition) is 0. The van der Waals surface area contributed by atoms with E-state index >= 15 is 0 Å². The molecule has 1 amide bonds. The number of thiazole rings is 1. The molecule has 2 rings (SSSR count). The van der Waals surface area contributed by atoms with Gasteiger partial charge in [-0.25, -0.2) is 4.79 Å². The van der Waals surface area contributed by atoms with Crippen molar-refractivity contribution in [3.63, 3.8) is 0 Å². The van der Waals surface area contributed by atoms with E-state index in [-0.39, 0.29) is 17.1 Å². The zero-order chi connectivity index (χ0) is 17.2. The number of amides is 1. The molecule has 0 aliphatic carbocycles. The minimum absolute atomic E-state index is 0.152. The first-order valence-electron chi connectivity index (χ1n) is 6.20. The Balaban J connectivity index is 2.62. The third kappa shape index (κ3) is 4.24. The van der Waals surface area contributed by atoms with Gasteiger partial charge in [-0.15, -0.1) is 4.99 Å². The van der Waals surface area contributed by atoms with Crippen LogP contribution in [0.15, 0.2) is 37.6 Å². The Bertz CT molecular complexity index is 799. The predicted octanol–water partition coefficient (Wildman–Crippen LogP) is 5.14. The molecule has 0 fully saturated rings. The number of nitrogens with zero attached hydrogens (tertiary/aromatic N) is 2. The molecule has 124 valence electrons. The van der Waals surface area contributed by atoms with Crippen LogP contribution in [0.3, 0.4) is 0 Å². The molecule has 4 nitrogen and oxygen atoms in total. The molecule has 0 N–H and O–H groups in total. The normalized spacial score (nSPS) is 12.5. The first-order valence-corrected chi connectivity index (χ1v) is 8.60. The van der Waals surface area contributed by atoms with E-state index in [1.54, 1.807) is 6.92 Å². The van der Waals surface area contributed by atoms with Crippen LogP contribution in [0.5, 0.6) is 0 Å². The van der Waals surface area contributed by atoms with Gasteiger partial charge in [-0.1, -0.05) is 17.4 Å². The number of rotatable bonds is 2. The highest BCUT2D eigenvalue weighted by Gasteiger charge is 2.30. The third-order valence-corrected chi connectivity index (χ3v) is 5.85. The Morgan fingerprint density at radius 2 is 2.09 bits per heavy atom. The molecule has 0 aliphatic rings. The minimum Gasteiger partial charge on any atom is -0.448 e. The molecule has 0 unspecified atom stereocenters. The Hall–Kier alpha value is -1.13. The van der Waals surface area contributed by atoms with Crippen molar-refractivity contribution in [3.05, 3.63) is 43.0 Å². The van der Waals surface area contributed by atoms with Gasteiger partial charge in [-0.2, -0.15) is 13.2 Å². The molecule has 23 heavy (non-hydrogen) atoms. The summed E-state index contributed by atoms with van der Waals surface area (Å²) in [4.78, 5) is 15.5. The summed E-state index contributed by atoms with van der Waals surface area (Å²) in [5, 5.41) is 0. The van der Waals surface area contributed by atoms with E-state index in [0.29, 0.717) is 8.39 Å². The Labute approximate surface area is 149 Å². The van der Waals surface area contributed by atoms with Gasteiger partial charge < -0.3 is 4.74 Å². The van der Waals surface area contributed by atoms with Crippen molar-refractivity contribution in [3.8, 4) is 5.69 Å². The van der Waals surface area contributed by atoms with Crippen LogP contribution in [0.1, 0.15) is 12.5 Å². The third-order valence-electron chi connectivity index (χ3n) is 2.62. The lowest BCUT2D eigenvalue weighted by Gasteiger charge is -2.10. The molecule has 0 saturated heterocycles. The van der Waals surface area contributed by atoms with Gasteiger partial charge in [-0.3, -0.25) is 4.57 Å². The molecule has 0 bridgehead atoms. The largest absolute Gasteiger partial charge is 0.448 e. The predicted molar refractivity (Wildman–Crippen MR) is 86.6 cm³/mol. The van der Waals surface area contributed by atoms with E-state index in [9.17, 15) is 18.0 Å². The fourth-order valence-corrected chi connectivity index (χ4v) is 3.78. The number of carbonyl (C=O) groups is 1. The van der Waals surface area contributed by atoms with Gasteiger partial charge in [0.1, 0.15) is 8.39 Å². The van der Waals surface area contributed by atoms with Crippen LogP contribution >= 0.6 is 43.2 Å². The van der Waals surface area contributed by atoms with Crippen LogP contribution in [-0.2, 0) is 10.9 Å². The van der Waals surface area contributed by atoms with E-state index in [0.717, 1.165) is 23.5 Å². The van der Waals surface area contributed by atoms with Crippen LogP contribution in [0, 0.1) is 0 Å². The van der Waals surface area contributed by atoms with Crippen LogP contribution in [0.2, 0.25) is 0 Å². The molecule has 0 radical (unpaired) electrons. The summed E-state index contributed by atoms with van der Waals surface area (Å²) in [6.45, 7) is 1.79. The van der Waals surface area contributed by atoms with Crippen molar-refractivity contribution in [1.82, 2.24) is 4.57 Å². The maximum Gasteiger partial charge on any atom is 0.436 e. The lowest BCUT2D eigenvalue weighted by atomic mass is 10.2. The van der Waals surface area contributed by atoms with Crippen LogP contribution < -0.4 is 4.80 Å². The highest BCUT2D eigenvalue weighted by molar-refractivity contribution is 9.13. The summed E-state index contributed by atoms with van der Waals surface area (Å²) in [5.74, 6) is 0. The second-order valence-electron chi connectivity index (χ2n) is 4.14. The topological polar surface area (TPSA) is 43.6 Å². The Morgan fingerprint density at radius 3 is 2.70 bits per heavy atom. The molecule has 1 heterocycles. The molecule has 10 heteroatoms. The van der Waals surface area contributed by atoms with Crippen molar-refractivity contribution in [2.75, 3.05) is 6.61 Å². The number of aromatic nitrogens is 1. The van der Waals surface area contributed by atoms with Gasteiger partial charge in [0, 0.05) is 5.69 Å². The molecule has 0 spiro atoms. The average Bonchev–Trinajstić information content (AvgIpc) is 2.73. The number of carbonyl (C=O) groups excluding carboxylic acids is 1. The summed E-state index contributed by atoms with van der Waals surface area (Å²) in [6, 6.07) is 4.73. The summed E-state index contributed by atoms with van der Waals surface area (Å²) < 4.78 is 45.8. The SMILES string of the molecule is CCOC(=O)/N=c1/sc(Br)c(Br)n1-c1cccc(C(F)(F)F)c1. The number of alkyl halides is 3. The van der Waals surface area contributed by atoms with E-state index in [1.807, 2.05) is 0 Å². The lowest BCUT2D eigenvalue weighted by molar-refractivity contribution is -0.137. The van der Waals surface area contributed by atoms with Crippen LogP contribution in [-0.4, -0.2) is 17.3 Å². The standard InChI is InChI=1S/C13H9Br2F3N2O2S/c1-2-22-12(21)19-11-20(9(14)10(15)23-11)8-5-3-4-7(6-8)13(16,17)18/h3-6H,2H2,1H3/b19-11+. The van der Waals surface area contributed by atoms with Gasteiger partial charge in [0.05, 0.1) is 12.2 Å². The number of halogens is 5. The van der Waals surface area contributed by atoms with Crippen molar-refractivity contribution in [1.29, 1.82) is 0 Å². The van der Waals surface area contributed by atoms with Gasteiger partial charge in [0.15, 0.2) is 0 Å². The second-order valence-corrected chi connectivity index (χ2v) is 7.19. The maximum absolute atomic E-state index is 12.9. The van der Waals surface area contributed by atoms with Crippen molar-refractivity contribution in [2.24, 2.45) is 4.99 Å². The van der Waals surface area contributed by atoms with Gasteiger partial charge in [-0.05, 0) is 57.0 Å². The number of benzene rings is 1. The monoisotopic (exact) mass is 472 g/mol. The molecule has 2 aromatic rings. The summed E-state index contributed by atoms with van der Waals surface area (Å²) >= 11 is 7.63. The molecular weight excluding hydrogens is 465 g/mol. The fourth-order valence-electron chi connectivity index (χ4n) is 1.69. The molecule has 0 saturated carbocycles. The first-order chi connectivity index (χ1) is 10.7. The maximum atomic E-state index is 12.9. The highest BCUT2D eigenvalue weighted by Crippen LogP contribution is 2.32. The van der Waals surface area contributed by atoms with Crippen LogP contribution in [0.4, 0.5) is 18.0 Å². The molecule has 0 aliphatic heterocycles. The average molecular weight is 474 g/mol. The van der Waals surface area contributed by atoms with E-state index in [4.69, 9.17) is 4.74 Å². The minimum atomic E-state index is -4.46.